The number of nitrogens with one attached hydrogen (secondary N) is 3. The molecule has 124 valence electrons. The van der Waals surface area contributed by atoms with Gasteiger partial charge in [0, 0.05) is 11.3 Å². The van der Waals surface area contributed by atoms with E-state index in [9.17, 15) is 9.59 Å². The molecule has 1 aromatic heterocycles. The summed E-state index contributed by atoms with van der Waals surface area (Å²) in [5, 5.41) is 2.81. The monoisotopic (exact) mass is 327 g/mol. The molecule has 0 unspecified atom stereocenters. The number of rotatable bonds is 5. The minimum Gasteiger partial charge on any atom is -0.497 e. The first-order chi connectivity index (χ1) is 11.6. The molecule has 1 heterocycles. The van der Waals surface area contributed by atoms with E-state index in [2.05, 4.69) is 15.3 Å². The summed E-state index contributed by atoms with van der Waals surface area (Å²) >= 11 is 0. The second-order valence-electron chi connectivity index (χ2n) is 5.24. The van der Waals surface area contributed by atoms with Gasteiger partial charge >= 0.3 is 5.69 Å². The van der Waals surface area contributed by atoms with Crippen LogP contribution in [-0.2, 0) is 11.2 Å². The first kappa shape index (κ1) is 15.7. The van der Waals surface area contributed by atoms with E-state index in [1.165, 1.54) is 0 Å². The number of H-pyrrole nitrogens is 2. The van der Waals surface area contributed by atoms with Crippen molar-refractivity contribution in [1.29, 1.82) is 0 Å². The molecule has 3 aromatic rings. The average Bonchev–Trinajstić information content (AvgIpc) is 2.94. The summed E-state index contributed by atoms with van der Waals surface area (Å²) in [5.74, 6) is 1.08. The number of carbonyl (C=O) groups excluding carboxylic acids is 1. The molecule has 3 N–H and O–H groups in total. The molecule has 3 rings (SSSR count). The highest BCUT2D eigenvalue weighted by atomic mass is 16.5. The Balaban J connectivity index is 1.78. The van der Waals surface area contributed by atoms with E-state index in [-0.39, 0.29) is 18.0 Å². The normalized spacial score (nSPS) is 10.6. The van der Waals surface area contributed by atoms with E-state index in [0.717, 1.165) is 5.56 Å². The molecule has 0 aliphatic rings. The summed E-state index contributed by atoms with van der Waals surface area (Å²) in [4.78, 5) is 28.9. The van der Waals surface area contributed by atoms with Crippen LogP contribution in [-0.4, -0.2) is 30.1 Å². The van der Waals surface area contributed by atoms with E-state index < -0.39 is 0 Å². The highest BCUT2D eigenvalue weighted by Gasteiger charge is 2.11. The standard InChI is InChI=1S/C17H17N3O4/c1-23-12-4-6-15(24-2)10(7-12)8-16(21)18-11-3-5-13-14(9-11)20-17(22)19-13/h3-7,9H,8H2,1-2H3,(H,18,21)(H2,19,20,22). The van der Waals surface area contributed by atoms with Gasteiger partial charge in [0.25, 0.3) is 0 Å². The third-order valence-corrected chi connectivity index (χ3v) is 3.64. The smallest absolute Gasteiger partial charge is 0.323 e. The molecular weight excluding hydrogens is 310 g/mol. The Bertz CT molecular complexity index is 942. The molecular formula is C17H17N3O4. The van der Waals surface area contributed by atoms with Gasteiger partial charge in [-0.25, -0.2) is 4.79 Å². The van der Waals surface area contributed by atoms with Crippen molar-refractivity contribution in [2.45, 2.75) is 6.42 Å². The molecule has 24 heavy (non-hydrogen) atoms. The van der Waals surface area contributed by atoms with Crippen molar-refractivity contribution in [1.82, 2.24) is 9.97 Å². The zero-order valence-corrected chi connectivity index (χ0v) is 13.3. The Hall–Kier alpha value is -3.22. The van der Waals surface area contributed by atoms with Gasteiger partial charge in [-0.3, -0.25) is 4.79 Å². The van der Waals surface area contributed by atoms with Gasteiger partial charge in [-0.1, -0.05) is 0 Å². The van der Waals surface area contributed by atoms with Crippen LogP contribution in [0.4, 0.5) is 5.69 Å². The number of fused-ring (bicyclic) bond motifs is 1. The van der Waals surface area contributed by atoms with Gasteiger partial charge in [0.05, 0.1) is 31.7 Å². The Kier molecular flexibility index (Phi) is 4.24. The van der Waals surface area contributed by atoms with Crippen molar-refractivity contribution < 1.29 is 14.3 Å². The van der Waals surface area contributed by atoms with E-state index >= 15 is 0 Å². The second-order valence-corrected chi connectivity index (χ2v) is 5.24. The largest absolute Gasteiger partial charge is 0.497 e. The second kappa shape index (κ2) is 6.49. The van der Waals surface area contributed by atoms with E-state index in [1.54, 1.807) is 50.6 Å². The van der Waals surface area contributed by atoms with Gasteiger partial charge in [0.1, 0.15) is 11.5 Å². The van der Waals surface area contributed by atoms with Gasteiger partial charge in [-0.2, -0.15) is 0 Å². The van der Waals surface area contributed by atoms with Gasteiger partial charge in [-0.05, 0) is 36.4 Å². The van der Waals surface area contributed by atoms with Gasteiger partial charge in [0.15, 0.2) is 0 Å². The summed E-state index contributed by atoms with van der Waals surface area (Å²) < 4.78 is 10.5. The van der Waals surface area contributed by atoms with Gasteiger partial charge in [0.2, 0.25) is 5.91 Å². The molecule has 0 atom stereocenters. The predicted molar refractivity (Wildman–Crippen MR) is 90.8 cm³/mol. The Morgan fingerprint density at radius 1 is 1.04 bits per heavy atom. The van der Waals surface area contributed by atoms with Gasteiger partial charge < -0.3 is 24.8 Å². The molecule has 7 heteroatoms. The van der Waals surface area contributed by atoms with Crippen molar-refractivity contribution >= 4 is 22.6 Å². The van der Waals surface area contributed by atoms with Crippen molar-refractivity contribution in [2.75, 3.05) is 19.5 Å². The average molecular weight is 327 g/mol. The summed E-state index contributed by atoms with van der Waals surface area (Å²) in [6, 6.07) is 10.5. The number of carbonyl (C=O) groups is 1. The highest BCUT2D eigenvalue weighted by molar-refractivity contribution is 5.94. The predicted octanol–water partition coefficient (Wildman–Crippen LogP) is 2.05. The Morgan fingerprint density at radius 3 is 2.58 bits per heavy atom. The number of amides is 1. The van der Waals surface area contributed by atoms with E-state index in [1.807, 2.05) is 0 Å². The van der Waals surface area contributed by atoms with Crippen LogP contribution in [0.3, 0.4) is 0 Å². The Labute approximate surface area is 137 Å². The number of hydrogen-bond acceptors (Lipinski definition) is 4. The van der Waals surface area contributed by atoms with Crippen molar-refractivity contribution in [2.24, 2.45) is 0 Å². The van der Waals surface area contributed by atoms with Crippen molar-refractivity contribution in [3.05, 3.63) is 52.4 Å². The van der Waals surface area contributed by atoms with Crippen LogP contribution in [0.1, 0.15) is 5.56 Å². The SMILES string of the molecule is COc1ccc(OC)c(CC(=O)Nc2ccc3[nH]c(=O)[nH]c3c2)c1. The molecule has 0 bridgehead atoms. The lowest BCUT2D eigenvalue weighted by Crippen LogP contribution is -2.15. The molecule has 0 saturated carbocycles. The topological polar surface area (TPSA) is 96.2 Å². The molecule has 0 saturated heterocycles. The third kappa shape index (κ3) is 3.24. The van der Waals surface area contributed by atoms with Crippen molar-refractivity contribution in [3.63, 3.8) is 0 Å². The molecule has 2 aromatic carbocycles. The lowest BCUT2D eigenvalue weighted by Gasteiger charge is -2.11. The molecule has 0 radical (unpaired) electrons. The van der Waals surface area contributed by atoms with Crippen LogP contribution in [0.5, 0.6) is 11.5 Å². The summed E-state index contributed by atoms with van der Waals surface area (Å²) in [7, 11) is 3.12. The van der Waals surface area contributed by atoms with Crippen LogP contribution in [0.15, 0.2) is 41.2 Å². The number of imidazole rings is 1. The van der Waals surface area contributed by atoms with Crippen LogP contribution in [0, 0.1) is 0 Å². The van der Waals surface area contributed by atoms with Gasteiger partial charge in [-0.15, -0.1) is 0 Å². The molecule has 1 amide bonds. The van der Waals surface area contributed by atoms with E-state index in [4.69, 9.17) is 9.47 Å². The first-order valence-corrected chi connectivity index (χ1v) is 7.32. The van der Waals surface area contributed by atoms with Crippen LogP contribution in [0.25, 0.3) is 11.0 Å². The number of methoxy groups -OCH3 is 2. The quantitative estimate of drug-likeness (QED) is 0.668. The maximum Gasteiger partial charge on any atom is 0.323 e. The number of benzene rings is 2. The minimum absolute atomic E-state index is 0.141. The number of anilines is 1. The zero-order valence-electron chi connectivity index (χ0n) is 13.3. The third-order valence-electron chi connectivity index (χ3n) is 3.64. The van der Waals surface area contributed by atoms with Crippen LogP contribution in [0.2, 0.25) is 0 Å². The fraction of sp³-hybridized carbons (Fsp3) is 0.176. The Morgan fingerprint density at radius 2 is 1.83 bits per heavy atom. The number of hydrogen-bond donors (Lipinski definition) is 3. The summed E-state index contributed by atoms with van der Waals surface area (Å²) in [6.07, 6.45) is 0.141. The number of aromatic nitrogens is 2. The highest BCUT2D eigenvalue weighted by Crippen LogP contribution is 2.25. The zero-order chi connectivity index (χ0) is 17.1. The number of ether oxygens (including phenoxy) is 2. The van der Waals surface area contributed by atoms with Crippen LogP contribution < -0.4 is 20.5 Å². The molecule has 0 aliphatic heterocycles. The maximum absolute atomic E-state index is 12.3. The summed E-state index contributed by atoms with van der Waals surface area (Å²) in [6.45, 7) is 0. The van der Waals surface area contributed by atoms with E-state index in [0.29, 0.717) is 28.2 Å². The maximum atomic E-state index is 12.3. The molecule has 0 fully saturated rings. The fourth-order valence-corrected chi connectivity index (χ4v) is 2.51. The van der Waals surface area contributed by atoms with Crippen molar-refractivity contribution in [3.8, 4) is 11.5 Å². The lowest BCUT2D eigenvalue weighted by atomic mass is 10.1. The lowest BCUT2D eigenvalue weighted by molar-refractivity contribution is -0.115. The number of aromatic amines is 2. The minimum atomic E-state index is -0.283. The summed E-state index contributed by atoms with van der Waals surface area (Å²) in [5.41, 5.74) is 2.37. The molecule has 7 nitrogen and oxygen atoms in total. The molecule has 0 spiro atoms. The fourth-order valence-electron chi connectivity index (χ4n) is 2.51. The molecule has 0 aliphatic carbocycles. The van der Waals surface area contributed by atoms with Crippen LogP contribution >= 0.6 is 0 Å². The first-order valence-electron chi connectivity index (χ1n) is 7.32.